The van der Waals surface area contributed by atoms with Crippen LogP contribution in [0.1, 0.15) is 23.8 Å². The number of para-hydroxylation sites is 1. The summed E-state index contributed by atoms with van der Waals surface area (Å²) in [4.78, 5) is 14.4. The summed E-state index contributed by atoms with van der Waals surface area (Å²) >= 11 is 0. The molecule has 0 aliphatic heterocycles. The van der Waals surface area contributed by atoms with Gasteiger partial charge in [0, 0.05) is 31.4 Å². The third-order valence-electron chi connectivity index (χ3n) is 3.90. The van der Waals surface area contributed by atoms with E-state index in [1.54, 1.807) is 24.5 Å². The lowest BCUT2D eigenvalue weighted by Crippen LogP contribution is -2.30. The number of nitrogens with one attached hydrogen (secondary N) is 1. The first kappa shape index (κ1) is 16.8. The number of carbonyl (C=O) groups is 1. The van der Waals surface area contributed by atoms with Crippen molar-refractivity contribution in [3.8, 4) is 11.5 Å². The van der Waals surface area contributed by atoms with Crippen molar-refractivity contribution in [2.45, 2.75) is 13.3 Å². The minimum absolute atomic E-state index is 0.246. The highest BCUT2D eigenvalue weighted by molar-refractivity contribution is 5.92. The number of rotatable bonds is 8. The molecule has 1 amide bonds. The Kier molecular flexibility index (Phi) is 5.51. The summed E-state index contributed by atoms with van der Waals surface area (Å²) < 4.78 is 10.4. The van der Waals surface area contributed by atoms with Crippen molar-refractivity contribution in [2.24, 2.45) is 0 Å². The van der Waals surface area contributed by atoms with Crippen LogP contribution in [0, 0.1) is 0 Å². The second-order valence-corrected chi connectivity index (χ2v) is 5.58. The number of aromatic nitrogens is 1. The predicted molar refractivity (Wildman–Crippen MR) is 95.5 cm³/mol. The summed E-state index contributed by atoms with van der Waals surface area (Å²) in [5.41, 5.74) is 1.44. The van der Waals surface area contributed by atoms with Crippen molar-refractivity contribution in [1.29, 1.82) is 0 Å². The van der Waals surface area contributed by atoms with Gasteiger partial charge in [-0.3, -0.25) is 4.79 Å². The molecule has 25 heavy (non-hydrogen) atoms. The highest BCUT2D eigenvalue weighted by Crippen LogP contribution is 2.20. The zero-order chi connectivity index (χ0) is 17.5. The second-order valence-electron chi connectivity index (χ2n) is 5.58. The summed E-state index contributed by atoms with van der Waals surface area (Å²) in [5.74, 6) is 0.744. The van der Waals surface area contributed by atoms with E-state index in [-0.39, 0.29) is 11.6 Å². The molecule has 0 radical (unpaired) electrons. The van der Waals surface area contributed by atoms with Crippen LogP contribution in [0.15, 0.2) is 63.7 Å². The fourth-order valence-corrected chi connectivity index (χ4v) is 2.59. The maximum atomic E-state index is 12.1. The molecule has 2 aromatic heterocycles. The standard InChI is InChI=1S/C19H21N3O3/c1-2-22(15-8-4-3-5-9-15)12-7-11-20-19(23)16-14-18(25-21-16)17-10-6-13-24-17/h3-6,8-10,13-14H,2,7,11-12H2,1H3,(H,20,23). The average Bonchev–Trinajstić information content (AvgIpc) is 3.33. The molecule has 2 heterocycles. The minimum Gasteiger partial charge on any atom is -0.461 e. The molecule has 0 saturated heterocycles. The third-order valence-corrected chi connectivity index (χ3v) is 3.90. The van der Waals surface area contributed by atoms with Crippen LogP contribution in [0.25, 0.3) is 11.5 Å². The minimum atomic E-state index is -0.246. The molecule has 6 heteroatoms. The molecule has 0 spiro atoms. The zero-order valence-electron chi connectivity index (χ0n) is 14.1. The molecule has 0 unspecified atom stereocenters. The Labute approximate surface area is 146 Å². The number of furan rings is 1. The molecule has 130 valence electrons. The topological polar surface area (TPSA) is 71.5 Å². The van der Waals surface area contributed by atoms with Crippen LogP contribution in [0.5, 0.6) is 0 Å². The van der Waals surface area contributed by atoms with E-state index in [1.165, 1.54) is 5.69 Å². The van der Waals surface area contributed by atoms with E-state index in [4.69, 9.17) is 8.94 Å². The van der Waals surface area contributed by atoms with Crippen molar-refractivity contribution in [3.05, 3.63) is 60.5 Å². The van der Waals surface area contributed by atoms with Crippen molar-refractivity contribution < 1.29 is 13.7 Å². The highest BCUT2D eigenvalue weighted by atomic mass is 16.5. The van der Waals surface area contributed by atoms with Crippen molar-refractivity contribution in [1.82, 2.24) is 10.5 Å². The molecule has 0 atom stereocenters. The fraction of sp³-hybridized carbons (Fsp3) is 0.263. The summed E-state index contributed by atoms with van der Waals surface area (Å²) in [6.07, 6.45) is 2.39. The van der Waals surface area contributed by atoms with Crippen LogP contribution in [-0.4, -0.2) is 30.7 Å². The van der Waals surface area contributed by atoms with Gasteiger partial charge in [0.05, 0.1) is 6.26 Å². The van der Waals surface area contributed by atoms with Crippen LogP contribution in [0.4, 0.5) is 5.69 Å². The Balaban J connectivity index is 1.46. The number of anilines is 1. The Hall–Kier alpha value is -3.02. The van der Waals surface area contributed by atoms with E-state index in [0.717, 1.165) is 19.5 Å². The van der Waals surface area contributed by atoms with Gasteiger partial charge in [-0.1, -0.05) is 23.4 Å². The average molecular weight is 339 g/mol. The Morgan fingerprint density at radius 1 is 1.16 bits per heavy atom. The lowest BCUT2D eigenvalue weighted by atomic mass is 10.2. The SMILES string of the molecule is CCN(CCCNC(=O)c1cc(-c2ccco2)on1)c1ccccc1. The van der Waals surface area contributed by atoms with Crippen LogP contribution in [0.2, 0.25) is 0 Å². The number of hydrogen-bond donors (Lipinski definition) is 1. The molecule has 0 bridgehead atoms. The Morgan fingerprint density at radius 3 is 2.72 bits per heavy atom. The first-order valence-electron chi connectivity index (χ1n) is 8.36. The predicted octanol–water partition coefficient (Wildman–Crippen LogP) is 3.58. The maximum absolute atomic E-state index is 12.1. The van der Waals surface area contributed by atoms with E-state index in [9.17, 15) is 4.79 Å². The molecule has 3 aromatic rings. The Morgan fingerprint density at radius 2 is 2.00 bits per heavy atom. The number of hydrogen-bond acceptors (Lipinski definition) is 5. The molecule has 3 rings (SSSR count). The molecule has 0 fully saturated rings. The summed E-state index contributed by atoms with van der Waals surface area (Å²) in [6.45, 7) is 4.49. The van der Waals surface area contributed by atoms with Crippen LogP contribution in [-0.2, 0) is 0 Å². The van der Waals surface area contributed by atoms with E-state index in [0.29, 0.717) is 18.1 Å². The van der Waals surface area contributed by atoms with Crippen LogP contribution >= 0.6 is 0 Å². The number of amides is 1. The van der Waals surface area contributed by atoms with E-state index in [2.05, 4.69) is 34.4 Å². The molecular formula is C19H21N3O3. The van der Waals surface area contributed by atoms with Crippen LogP contribution < -0.4 is 10.2 Å². The van der Waals surface area contributed by atoms with Gasteiger partial charge in [-0.2, -0.15) is 0 Å². The van der Waals surface area contributed by atoms with Gasteiger partial charge >= 0.3 is 0 Å². The van der Waals surface area contributed by atoms with Gasteiger partial charge in [-0.15, -0.1) is 0 Å². The van der Waals surface area contributed by atoms with Gasteiger partial charge in [0.15, 0.2) is 11.5 Å². The molecule has 1 aromatic carbocycles. The largest absolute Gasteiger partial charge is 0.461 e. The smallest absolute Gasteiger partial charge is 0.273 e. The number of nitrogens with zero attached hydrogens (tertiary/aromatic N) is 2. The molecule has 0 saturated carbocycles. The molecule has 0 aliphatic carbocycles. The van der Waals surface area contributed by atoms with Crippen LogP contribution in [0.3, 0.4) is 0 Å². The quantitative estimate of drug-likeness (QED) is 0.635. The molecule has 6 nitrogen and oxygen atoms in total. The first-order valence-corrected chi connectivity index (χ1v) is 8.36. The van der Waals surface area contributed by atoms with E-state index >= 15 is 0 Å². The first-order chi connectivity index (χ1) is 12.3. The fourth-order valence-electron chi connectivity index (χ4n) is 2.59. The molecular weight excluding hydrogens is 318 g/mol. The molecule has 1 N–H and O–H groups in total. The summed E-state index contributed by atoms with van der Waals surface area (Å²) in [7, 11) is 0. The maximum Gasteiger partial charge on any atom is 0.273 e. The summed E-state index contributed by atoms with van der Waals surface area (Å²) in [5, 5.41) is 6.66. The normalized spacial score (nSPS) is 10.6. The highest BCUT2D eigenvalue weighted by Gasteiger charge is 2.14. The zero-order valence-corrected chi connectivity index (χ0v) is 14.1. The monoisotopic (exact) mass is 339 g/mol. The third kappa shape index (κ3) is 4.29. The van der Waals surface area contributed by atoms with Gasteiger partial charge in [-0.25, -0.2) is 0 Å². The van der Waals surface area contributed by atoms with Gasteiger partial charge in [0.25, 0.3) is 5.91 Å². The number of carbonyl (C=O) groups excluding carboxylic acids is 1. The van der Waals surface area contributed by atoms with Gasteiger partial charge in [-0.05, 0) is 37.6 Å². The van der Waals surface area contributed by atoms with Gasteiger partial charge in [0.1, 0.15) is 0 Å². The van der Waals surface area contributed by atoms with Crippen molar-refractivity contribution >= 4 is 11.6 Å². The van der Waals surface area contributed by atoms with E-state index < -0.39 is 0 Å². The van der Waals surface area contributed by atoms with E-state index in [1.807, 2.05) is 18.2 Å². The Bertz CT molecular complexity index is 781. The van der Waals surface area contributed by atoms with Crippen molar-refractivity contribution in [3.63, 3.8) is 0 Å². The molecule has 0 aliphatic rings. The van der Waals surface area contributed by atoms with Gasteiger partial charge < -0.3 is 19.2 Å². The summed E-state index contributed by atoms with van der Waals surface area (Å²) in [6, 6.07) is 15.3. The lowest BCUT2D eigenvalue weighted by Gasteiger charge is -2.23. The van der Waals surface area contributed by atoms with Crippen molar-refractivity contribution in [2.75, 3.05) is 24.5 Å². The lowest BCUT2D eigenvalue weighted by molar-refractivity contribution is 0.0944. The second kappa shape index (κ2) is 8.19. The van der Waals surface area contributed by atoms with Gasteiger partial charge in [0.2, 0.25) is 5.76 Å². The number of benzene rings is 1.